The fraction of sp³-hybridized carbons (Fsp3) is 0.273. The number of aromatic nitrogens is 2. The lowest BCUT2D eigenvalue weighted by Crippen LogP contribution is -2.23. The lowest BCUT2D eigenvalue weighted by molar-refractivity contribution is 0.0950. The van der Waals surface area contributed by atoms with Gasteiger partial charge >= 0.3 is 0 Å². The summed E-state index contributed by atoms with van der Waals surface area (Å²) in [4.78, 5) is 12.8. The van der Waals surface area contributed by atoms with Crippen LogP contribution in [0.2, 0.25) is 5.15 Å². The summed E-state index contributed by atoms with van der Waals surface area (Å²) >= 11 is 6.48. The average Bonchev–Trinajstić information content (AvgIpc) is 3.00. The van der Waals surface area contributed by atoms with E-state index < -0.39 is 0 Å². The minimum Gasteiger partial charge on any atom is -0.497 e. The molecule has 6 nitrogen and oxygen atoms in total. The van der Waals surface area contributed by atoms with E-state index in [-0.39, 0.29) is 5.91 Å². The molecule has 0 aliphatic rings. The molecule has 152 valence electrons. The van der Waals surface area contributed by atoms with E-state index >= 15 is 0 Å². The summed E-state index contributed by atoms with van der Waals surface area (Å²) in [5.74, 6) is 1.05. The van der Waals surface area contributed by atoms with Gasteiger partial charge in [-0.2, -0.15) is 5.10 Å². The Morgan fingerprint density at radius 3 is 2.48 bits per heavy atom. The van der Waals surface area contributed by atoms with Crippen molar-refractivity contribution in [2.45, 2.75) is 26.9 Å². The van der Waals surface area contributed by atoms with E-state index in [1.165, 1.54) is 5.56 Å². The Balaban J connectivity index is 1.74. The molecule has 3 aromatic rings. The number of methoxy groups -OCH3 is 2. The minimum atomic E-state index is -0.277. The fourth-order valence-corrected chi connectivity index (χ4v) is 3.36. The summed E-state index contributed by atoms with van der Waals surface area (Å²) < 4.78 is 12.2. The van der Waals surface area contributed by atoms with Gasteiger partial charge in [0.05, 0.1) is 32.0 Å². The molecule has 0 aliphatic heterocycles. The number of benzene rings is 2. The number of aryl methyl sites for hydroxylation is 2. The first kappa shape index (κ1) is 20.7. The number of amides is 1. The molecule has 29 heavy (non-hydrogen) atoms. The summed E-state index contributed by atoms with van der Waals surface area (Å²) in [7, 11) is 3.17. The molecule has 0 spiro atoms. The first-order chi connectivity index (χ1) is 13.9. The van der Waals surface area contributed by atoms with Crippen molar-refractivity contribution >= 4 is 17.5 Å². The maximum atomic E-state index is 12.8. The smallest absolute Gasteiger partial charge is 0.256 e. The zero-order chi connectivity index (χ0) is 21.0. The van der Waals surface area contributed by atoms with Crippen LogP contribution in [0.3, 0.4) is 0 Å². The van der Waals surface area contributed by atoms with Gasteiger partial charge in [0.25, 0.3) is 5.91 Å². The largest absolute Gasteiger partial charge is 0.497 e. The molecule has 7 heteroatoms. The Morgan fingerprint density at radius 1 is 1.10 bits per heavy atom. The molecule has 1 aromatic heterocycles. The van der Waals surface area contributed by atoms with E-state index in [4.69, 9.17) is 21.1 Å². The van der Waals surface area contributed by atoms with Crippen molar-refractivity contribution in [2.75, 3.05) is 14.2 Å². The normalized spacial score (nSPS) is 10.7. The summed E-state index contributed by atoms with van der Waals surface area (Å²) in [6.45, 7) is 4.61. The second-order valence-electron chi connectivity index (χ2n) is 6.75. The van der Waals surface area contributed by atoms with Gasteiger partial charge in [0.1, 0.15) is 16.7 Å². The number of rotatable bonds is 7. The number of hydrogen-bond acceptors (Lipinski definition) is 4. The van der Waals surface area contributed by atoms with Gasteiger partial charge in [-0.1, -0.05) is 41.4 Å². The van der Waals surface area contributed by atoms with Crippen LogP contribution in [0.1, 0.15) is 32.7 Å². The van der Waals surface area contributed by atoms with Crippen molar-refractivity contribution in [1.82, 2.24) is 15.1 Å². The molecule has 1 N–H and O–H groups in total. The average molecular weight is 414 g/mol. The SMILES string of the molecule is COc1ccc(CNC(=O)c2c(C)nn(Cc3ccc(C)cc3)c2Cl)c(OC)c1. The Hall–Kier alpha value is -2.99. The molecule has 0 bridgehead atoms. The van der Waals surface area contributed by atoms with E-state index in [0.717, 1.165) is 11.1 Å². The van der Waals surface area contributed by atoms with Gasteiger partial charge < -0.3 is 14.8 Å². The topological polar surface area (TPSA) is 65.4 Å². The highest BCUT2D eigenvalue weighted by atomic mass is 35.5. The Kier molecular flexibility index (Phi) is 6.44. The summed E-state index contributed by atoms with van der Waals surface area (Å²) in [5.41, 5.74) is 4.05. The van der Waals surface area contributed by atoms with Crippen LogP contribution in [0, 0.1) is 13.8 Å². The van der Waals surface area contributed by atoms with Crippen LogP contribution in [0.15, 0.2) is 42.5 Å². The first-order valence-electron chi connectivity index (χ1n) is 9.20. The number of halogens is 1. The standard InChI is InChI=1S/C22H24ClN3O3/c1-14-5-7-16(8-6-14)13-26-21(23)20(15(2)25-26)22(27)24-12-17-9-10-18(28-3)11-19(17)29-4/h5-11H,12-13H2,1-4H3,(H,24,27). The maximum absolute atomic E-state index is 12.8. The van der Waals surface area contributed by atoms with E-state index in [1.54, 1.807) is 31.9 Å². The van der Waals surface area contributed by atoms with Gasteiger partial charge in [0, 0.05) is 18.2 Å². The molecular weight excluding hydrogens is 390 g/mol. The van der Waals surface area contributed by atoms with Crippen LogP contribution >= 0.6 is 11.6 Å². The number of nitrogens with zero attached hydrogens (tertiary/aromatic N) is 2. The quantitative estimate of drug-likeness (QED) is 0.632. The van der Waals surface area contributed by atoms with Crippen molar-refractivity contribution in [3.8, 4) is 11.5 Å². The zero-order valence-corrected chi connectivity index (χ0v) is 17.7. The molecular formula is C22H24ClN3O3. The van der Waals surface area contributed by atoms with Gasteiger partial charge in [0.2, 0.25) is 0 Å². The Bertz CT molecular complexity index is 1010. The molecule has 0 unspecified atom stereocenters. The highest BCUT2D eigenvalue weighted by Crippen LogP contribution is 2.25. The lowest BCUT2D eigenvalue weighted by atomic mass is 10.1. The predicted molar refractivity (Wildman–Crippen MR) is 113 cm³/mol. The zero-order valence-electron chi connectivity index (χ0n) is 17.0. The molecule has 1 amide bonds. The van der Waals surface area contributed by atoms with Crippen molar-refractivity contribution in [1.29, 1.82) is 0 Å². The summed E-state index contributed by atoms with van der Waals surface area (Å²) in [5, 5.41) is 7.66. The van der Waals surface area contributed by atoms with Crippen molar-refractivity contribution in [3.05, 3.63) is 75.6 Å². The third-order valence-corrected chi connectivity index (χ3v) is 5.06. The van der Waals surface area contributed by atoms with E-state index in [1.807, 2.05) is 43.3 Å². The van der Waals surface area contributed by atoms with E-state index in [9.17, 15) is 4.79 Å². The number of nitrogens with one attached hydrogen (secondary N) is 1. The second kappa shape index (κ2) is 9.01. The van der Waals surface area contributed by atoms with Crippen molar-refractivity contribution in [3.63, 3.8) is 0 Å². The number of hydrogen-bond donors (Lipinski definition) is 1. The van der Waals surface area contributed by atoms with E-state index in [2.05, 4.69) is 10.4 Å². The van der Waals surface area contributed by atoms with Crippen LogP contribution in [0.5, 0.6) is 11.5 Å². The van der Waals surface area contributed by atoms with Crippen LogP contribution in [0.25, 0.3) is 0 Å². The van der Waals surface area contributed by atoms with Crippen LogP contribution in [0.4, 0.5) is 0 Å². The summed E-state index contributed by atoms with van der Waals surface area (Å²) in [6.07, 6.45) is 0. The van der Waals surface area contributed by atoms with Gasteiger partial charge in [-0.05, 0) is 31.5 Å². The van der Waals surface area contributed by atoms with Crippen LogP contribution in [-0.2, 0) is 13.1 Å². The fourth-order valence-electron chi connectivity index (χ4n) is 3.04. The van der Waals surface area contributed by atoms with Crippen LogP contribution in [-0.4, -0.2) is 29.9 Å². The van der Waals surface area contributed by atoms with Crippen molar-refractivity contribution < 1.29 is 14.3 Å². The molecule has 0 fully saturated rings. The van der Waals surface area contributed by atoms with Crippen molar-refractivity contribution in [2.24, 2.45) is 0 Å². The molecule has 0 saturated heterocycles. The van der Waals surface area contributed by atoms with Gasteiger partial charge in [-0.25, -0.2) is 4.68 Å². The number of carbonyl (C=O) groups excluding carboxylic acids is 1. The summed E-state index contributed by atoms with van der Waals surface area (Å²) in [6, 6.07) is 13.6. The molecule has 1 heterocycles. The van der Waals surface area contributed by atoms with Gasteiger partial charge in [0.15, 0.2) is 0 Å². The monoisotopic (exact) mass is 413 g/mol. The van der Waals surface area contributed by atoms with Crippen LogP contribution < -0.4 is 14.8 Å². The predicted octanol–water partition coefficient (Wildman–Crippen LogP) is 4.15. The third kappa shape index (κ3) is 4.71. The maximum Gasteiger partial charge on any atom is 0.256 e. The van der Waals surface area contributed by atoms with Gasteiger partial charge in [-0.15, -0.1) is 0 Å². The molecule has 3 rings (SSSR count). The number of ether oxygens (including phenoxy) is 2. The molecule has 2 aromatic carbocycles. The highest BCUT2D eigenvalue weighted by molar-refractivity contribution is 6.33. The minimum absolute atomic E-state index is 0.277. The number of carbonyl (C=O) groups is 1. The van der Waals surface area contributed by atoms with E-state index in [0.29, 0.717) is 41.0 Å². The Morgan fingerprint density at radius 2 is 1.83 bits per heavy atom. The molecule has 0 aliphatic carbocycles. The van der Waals surface area contributed by atoms with Gasteiger partial charge in [-0.3, -0.25) is 4.79 Å². The molecule has 0 radical (unpaired) electrons. The second-order valence-corrected chi connectivity index (χ2v) is 7.11. The molecule has 0 saturated carbocycles. The third-order valence-electron chi connectivity index (χ3n) is 4.68. The molecule has 0 atom stereocenters. The lowest BCUT2D eigenvalue weighted by Gasteiger charge is -2.11. The highest BCUT2D eigenvalue weighted by Gasteiger charge is 2.20. The first-order valence-corrected chi connectivity index (χ1v) is 9.58. The Labute approximate surface area is 175 Å².